The summed E-state index contributed by atoms with van der Waals surface area (Å²) in [5.74, 6) is -0.172. The van der Waals surface area contributed by atoms with Crippen LogP contribution < -0.4 is 10.5 Å². The third-order valence-corrected chi connectivity index (χ3v) is 4.43. The van der Waals surface area contributed by atoms with E-state index in [-0.39, 0.29) is 16.5 Å². The first-order valence-electron chi connectivity index (χ1n) is 7.32. The Kier molecular flexibility index (Phi) is 4.47. The summed E-state index contributed by atoms with van der Waals surface area (Å²) in [6.45, 7) is 1.86. The van der Waals surface area contributed by atoms with E-state index in [9.17, 15) is 12.8 Å². The van der Waals surface area contributed by atoms with E-state index in [4.69, 9.17) is 5.14 Å². The molecule has 0 fully saturated rings. The zero-order valence-electron chi connectivity index (χ0n) is 13.3. The molecule has 3 rings (SSSR count). The molecule has 1 heterocycles. The highest BCUT2D eigenvalue weighted by molar-refractivity contribution is 7.89. The largest absolute Gasteiger partial charge is 0.322 e. The topological polar surface area (TPSA) is 98.0 Å². The summed E-state index contributed by atoms with van der Waals surface area (Å²) in [6.07, 6.45) is 1.53. The lowest BCUT2D eigenvalue weighted by Crippen LogP contribution is -2.11. The zero-order chi connectivity index (χ0) is 18.0. The summed E-state index contributed by atoms with van der Waals surface area (Å²) in [4.78, 5) is 8.43. The second kappa shape index (κ2) is 6.58. The Morgan fingerprint density at radius 3 is 2.48 bits per heavy atom. The van der Waals surface area contributed by atoms with Gasteiger partial charge in [0.2, 0.25) is 16.0 Å². The lowest BCUT2D eigenvalue weighted by Gasteiger charge is -2.08. The van der Waals surface area contributed by atoms with Gasteiger partial charge in [0.25, 0.3) is 0 Å². The monoisotopic (exact) mass is 358 g/mol. The Hall–Kier alpha value is -2.84. The fourth-order valence-electron chi connectivity index (χ4n) is 2.25. The minimum atomic E-state index is -3.75. The van der Waals surface area contributed by atoms with Gasteiger partial charge in [0.1, 0.15) is 5.82 Å². The molecule has 2 aromatic carbocycles. The molecule has 128 valence electrons. The summed E-state index contributed by atoms with van der Waals surface area (Å²) in [6, 6.07) is 12.4. The van der Waals surface area contributed by atoms with Crippen molar-refractivity contribution in [3.05, 3.63) is 66.1 Å². The van der Waals surface area contributed by atoms with Gasteiger partial charge in [0, 0.05) is 11.8 Å². The highest BCUT2D eigenvalue weighted by atomic mass is 32.2. The second-order valence-electron chi connectivity index (χ2n) is 5.44. The molecular formula is C17H15FN4O2S. The number of nitrogens with zero attached hydrogens (tertiary/aromatic N) is 2. The van der Waals surface area contributed by atoms with Crippen molar-refractivity contribution in [3.8, 4) is 11.3 Å². The maximum Gasteiger partial charge on any atom is 0.238 e. The molecule has 0 aliphatic heterocycles. The van der Waals surface area contributed by atoms with Crippen molar-refractivity contribution < 1.29 is 12.8 Å². The summed E-state index contributed by atoms with van der Waals surface area (Å²) in [5.41, 5.74) is 2.43. The number of halogens is 1. The molecule has 0 aliphatic carbocycles. The summed E-state index contributed by atoms with van der Waals surface area (Å²) < 4.78 is 36.5. The van der Waals surface area contributed by atoms with Crippen LogP contribution in [0.2, 0.25) is 0 Å². The zero-order valence-corrected chi connectivity index (χ0v) is 14.1. The second-order valence-corrected chi connectivity index (χ2v) is 7.00. The van der Waals surface area contributed by atoms with Gasteiger partial charge in [-0.2, -0.15) is 0 Å². The minimum absolute atomic E-state index is 0.0190. The van der Waals surface area contributed by atoms with Crippen LogP contribution in [0.3, 0.4) is 0 Å². The Balaban J connectivity index is 1.90. The number of nitrogens with two attached hydrogens (primary N) is 1. The minimum Gasteiger partial charge on any atom is -0.322 e. The first-order valence-corrected chi connectivity index (χ1v) is 8.87. The predicted octanol–water partition coefficient (Wildman–Crippen LogP) is 2.98. The van der Waals surface area contributed by atoms with Crippen molar-refractivity contribution in [1.29, 1.82) is 0 Å². The van der Waals surface area contributed by atoms with Gasteiger partial charge >= 0.3 is 0 Å². The molecule has 0 unspecified atom stereocenters. The molecule has 0 radical (unpaired) electrons. The Bertz CT molecular complexity index is 1020. The first kappa shape index (κ1) is 17.0. The van der Waals surface area contributed by atoms with Crippen LogP contribution in [0.4, 0.5) is 16.0 Å². The number of aryl methyl sites for hydroxylation is 1. The van der Waals surface area contributed by atoms with Crippen molar-refractivity contribution in [2.45, 2.75) is 11.8 Å². The van der Waals surface area contributed by atoms with E-state index in [1.54, 1.807) is 30.3 Å². The molecule has 0 bridgehead atoms. The van der Waals surface area contributed by atoms with Gasteiger partial charge in [0.05, 0.1) is 16.3 Å². The molecule has 3 aromatic rings. The SMILES string of the molecule is Cc1ccc(F)c(Nc2nccc(-c3ccc(S(N)(=O)=O)cc3)n2)c1. The number of anilines is 2. The van der Waals surface area contributed by atoms with E-state index in [1.165, 1.54) is 24.4 Å². The molecule has 25 heavy (non-hydrogen) atoms. The third-order valence-electron chi connectivity index (χ3n) is 3.50. The fourth-order valence-corrected chi connectivity index (χ4v) is 2.77. The fraction of sp³-hybridized carbons (Fsp3) is 0.0588. The highest BCUT2D eigenvalue weighted by Crippen LogP contribution is 2.22. The number of benzene rings is 2. The molecule has 3 N–H and O–H groups in total. The van der Waals surface area contributed by atoms with Crippen LogP contribution in [0.5, 0.6) is 0 Å². The Morgan fingerprint density at radius 2 is 1.80 bits per heavy atom. The standard InChI is InChI=1S/C17H15FN4O2S/c1-11-2-7-14(18)16(10-11)22-17-20-9-8-15(21-17)12-3-5-13(6-4-12)25(19,23)24/h2-10H,1H3,(H2,19,23,24)(H,20,21,22). The van der Waals surface area contributed by atoms with E-state index in [2.05, 4.69) is 15.3 Å². The Morgan fingerprint density at radius 1 is 1.08 bits per heavy atom. The van der Waals surface area contributed by atoms with Crippen LogP contribution in [0.1, 0.15) is 5.56 Å². The van der Waals surface area contributed by atoms with Gasteiger partial charge in [-0.3, -0.25) is 0 Å². The van der Waals surface area contributed by atoms with E-state index >= 15 is 0 Å². The quantitative estimate of drug-likeness (QED) is 0.747. The van der Waals surface area contributed by atoms with Gasteiger partial charge in [-0.25, -0.2) is 27.9 Å². The molecular weight excluding hydrogens is 343 g/mol. The van der Waals surface area contributed by atoms with Crippen molar-refractivity contribution in [2.75, 3.05) is 5.32 Å². The maximum atomic E-state index is 13.8. The highest BCUT2D eigenvalue weighted by Gasteiger charge is 2.09. The van der Waals surface area contributed by atoms with Crippen LogP contribution in [-0.2, 0) is 10.0 Å². The lowest BCUT2D eigenvalue weighted by atomic mass is 10.1. The van der Waals surface area contributed by atoms with Gasteiger partial charge < -0.3 is 5.32 Å². The lowest BCUT2D eigenvalue weighted by molar-refractivity contribution is 0.598. The summed E-state index contributed by atoms with van der Waals surface area (Å²) in [7, 11) is -3.75. The molecule has 6 nitrogen and oxygen atoms in total. The van der Waals surface area contributed by atoms with Crippen LogP contribution in [-0.4, -0.2) is 18.4 Å². The van der Waals surface area contributed by atoms with E-state index in [0.29, 0.717) is 11.3 Å². The van der Waals surface area contributed by atoms with Crippen LogP contribution in [0.25, 0.3) is 11.3 Å². The molecule has 1 aromatic heterocycles. The van der Waals surface area contributed by atoms with E-state index in [0.717, 1.165) is 5.56 Å². The predicted molar refractivity (Wildman–Crippen MR) is 93.3 cm³/mol. The number of primary sulfonamides is 1. The van der Waals surface area contributed by atoms with Crippen molar-refractivity contribution >= 4 is 21.7 Å². The Labute approximate surface area is 144 Å². The van der Waals surface area contributed by atoms with Gasteiger partial charge in [0.15, 0.2) is 0 Å². The van der Waals surface area contributed by atoms with Crippen molar-refractivity contribution in [1.82, 2.24) is 9.97 Å². The van der Waals surface area contributed by atoms with Gasteiger partial charge in [-0.15, -0.1) is 0 Å². The molecule has 0 aliphatic rings. The van der Waals surface area contributed by atoms with Crippen molar-refractivity contribution in [3.63, 3.8) is 0 Å². The van der Waals surface area contributed by atoms with Gasteiger partial charge in [-0.05, 0) is 42.8 Å². The summed E-state index contributed by atoms with van der Waals surface area (Å²) in [5, 5.41) is 7.93. The van der Waals surface area contributed by atoms with E-state index < -0.39 is 15.8 Å². The number of hydrogen-bond acceptors (Lipinski definition) is 5. The number of aromatic nitrogens is 2. The number of hydrogen-bond donors (Lipinski definition) is 2. The smallest absolute Gasteiger partial charge is 0.238 e. The number of nitrogens with one attached hydrogen (secondary N) is 1. The van der Waals surface area contributed by atoms with Crippen LogP contribution in [0, 0.1) is 12.7 Å². The molecule has 0 spiro atoms. The average molecular weight is 358 g/mol. The van der Waals surface area contributed by atoms with E-state index in [1.807, 2.05) is 6.92 Å². The van der Waals surface area contributed by atoms with Crippen molar-refractivity contribution in [2.24, 2.45) is 5.14 Å². The molecule has 8 heteroatoms. The molecule has 0 amide bonds. The normalized spacial score (nSPS) is 11.3. The molecule has 0 saturated heterocycles. The average Bonchev–Trinajstić information content (AvgIpc) is 2.58. The van der Waals surface area contributed by atoms with Crippen LogP contribution in [0.15, 0.2) is 59.6 Å². The maximum absolute atomic E-state index is 13.8. The molecule has 0 atom stereocenters. The summed E-state index contributed by atoms with van der Waals surface area (Å²) >= 11 is 0. The molecule has 0 saturated carbocycles. The first-order chi connectivity index (χ1) is 11.8. The van der Waals surface area contributed by atoms with Gasteiger partial charge in [-0.1, -0.05) is 18.2 Å². The number of sulfonamides is 1. The number of rotatable bonds is 4. The third kappa shape index (κ3) is 3.98. The van der Waals surface area contributed by atoms with Crippen LogP contribution >= 0.6 is 0 Å².